The molecule has 0 bridgehead atoms. The van der Waals surface area contributed by atoms with E-state index >= 15 is 0 Å². The first-order valence-electron chi connectivity index (χ1n) is 9.82. The van der Waals surface area contributed by atoms with Crippen molar-refractivity contribution in [2.45, 2.75) is 58.4 Å². The van der Waals surface area contributed by atoms with E-state index in [0.29, 0.717) is 36.0 Å². The maximum Gasteiger partial charge on any atom is 0.248 e. The van der Waals surface area contributed by atoms with Gasteiger partial charge in [-0.3, -0.25) is 19.6 Å². The summed E-state index contributed by atoms with van der Waals surface area (Å²) in [4.78, 5) is 43.0. The SMILES string of the molecule is CCCCC(CN(O)C=O)C(=O)N1CC2(CC2)C[C@H]1C(=O)Nc1nc(C)cs1. The summed E-state index contributed by atoms with van der Waals surface area (Å²) in [7, 11) is 0. The zero-order valence-corrected chi connectivity index (χ0v) is 17.2. The van der Waals surface area contributed by atoms with Crippen LogP contribution in [0.4, 0.5) is 5.13 Å². The number of hydroxylamine groups is 2. The predicted octanol–water partition coefficient (Wildman–Crippen LogP) is 2.43. The van der Waals surface area contributed by atoms with Gasteiger partial charge < -0.3 is 10.2 Å². The maximum atomic E-state index is 13.3. The molecule has 2 fully saturated rings. The number of anilines is 1. The molecule has 2 aliphatic rings. The second kappa shape index (κ2) is 8.57. The lowest BCUT2D eigenvalue weighted by atomic mass is 9.99. The molecule has 1 aliphatic heterocycles. The van der Waals surface area contributed by atoms with E-state index in [9.17, 15) is 19.6 Å². The van der Waals surface area contributed by atoms with Gasteiger partial charge in [0.25, 0.3) is 0 Å². The highest BCUT2D eigenvalue weighted by Gasteiger charge is 2.55. The minimum atomic E-state index is -0.535. The number of thiazole rings is 1. The quantitative estimate of drug-likeness (QED) is 0.371. The summed E-state index contributed by atoms with van der Waals surface area (Å²) in [5.74, 6) is -0.882. The van der Waals surface area contributed by atoms with Crippen LogP contribution in [-0.4, -0.2) is 57.5 Å². The number of nitrogens with one attached hydrogen (secondary N) is 1. The predicted molar refractivity (Wildman–Crippen MR) is 105 cm³/mol. The smallest absolute Gasteiger partial charge is 0.248 e. The molecule has 1 aromatic heterocycles. The molecule has 9 heteroatoms. The van der Waals surface area contributed by atoms with Crippen molar-refractivity contribution in [2.24, 2.45) is 11.3 Å². The van der Waals surface area contributed by atoms with Crippen LogP contribution in [0.15, 0.2) is 5.38 Å². The Bertz CT molecular complexity index is 733. The van der Waals surface area contributed by atoms with Crippen molar-refractivity contribution in [3.63, 3.8) is 0 Å². The summed E-state index contributed by atoms with van der Waals surface area (Å²) < 4.78 is 0. The third-order valence-corrected chi connectivity index (χ3v) is 6.56. The van der Waals surface area contributed by atoms with Crippen LogP contribution in [0.3, 0.4) is 0 Å². The number of hydrogen-bond donors (Lipinski definition) is 2. The highest BCUT2D eigenvalue weighted by atomic mass is 32.1. The summed E-state index contributed by atoms with van der Waals surface area (Å²) in [5, 5.41) is 15.4. The van der Waals surface area contributed by atoms with Gasteiger partial charge >= 0.3 is 0 Å². The van der Waals surface area contributed by atoms with E-state index in [0.717, 1.165) is 31.4 Å². The molecule has 3 rings (SSSR count). The fraction of sp³-hybridized carbons (Fsp3) is 0.684. The number of hydrogen-bond acceptors (Lipinski definition) is 6. The van der Waals surface area contributed by atoms with Crippen LogP contribution < -0.4 is 5.32 Å². The number of aryl methyl sites for hydroxylation is 1. The standard InChI is InChI=1S/C19H28N4O4S/c1-3-4-5-14(9-22(27)12-24)17(26)23-11-19(6-7-19)8-15(23)16(25)21-18-20-13(2)10-28-18/h10,12,14-15,27H,3-9,11H2,1-2H3,(H,20,21,25)/t14?,15-/m0/s1. The van der Waals surface area contributed by atoms with E-state index < -0.39 is 12.0 Å². The molecule has 154 valence electrons. The Morgan fingerprint density at radius 2 is 2.29 bits per heavy atom. The molecule has 2 atom stereocenters. The fourth-order valence-corrected chi connectivity index (χ4v) is 4.60. The lowest BCUT2D eigenvalue weighted by Crippen LogP contribution is -2.47. The maximum absolute atomic E-state index is 13.3. The molecule has 0 aromatic carbocycles. The first-order chi connectivity index (χ1) is 13.4. The number of likely N-dealkylation sites (tertiary alicyclic amines) is 1. The Hall–Kier alpha value is -2.00. The van der Waals surface area contributed by atoms with Crippen molar-refractivity contribution >= 4 is 34.7 Å². The molecule has 1 aliphatic carbocycles. The van der Waals surface area contributed by atoms with E-state index in [-0.39, 0.29) is 23.8 Å². The first-order valence-corrected chi connectivity index (χ1v) is 10.7. The fourth-order valence-electron chi connectivity index (χ4n) is 3.91. The summed E-state index contributed by atoms with van der Waals surface area (Å²) in [6.45, 7) is 4.41. The van der Waals surface area contributed by atoms with E-state index in [4.69, 9.17) is 0 Å². The van der Waals surface area contributed by atoms with Gasteiger partial charge in [0.15, 0.2) is 5.13 Å². The zero-order chi connectivity index (χ0) is 20.3. The van der Waals surface area contributed by atoms with E-state index in [2.05, 4.69) is 10.3 Å². The number of unbranched alkanes of at least 4 members (excludes halogenated alkanes) is 1. The van der Waals surface area contributed by atoms with Crippen LogP contribution in [0, 0.1) is 18.3 Å². The minimum absolute atomic E-state index is 0.0498. The van der Waals surface area contributed by atoms with Gasteiger partial charge in [0, 0.05) is 11.9 Å². The zero-order valence-electron chi connectivity index (χ0n) is 16.4. The number of carbonyl (C=O) groups is 3. The summed E-state index contributed by atoms with van der Waals surface area (Å²) >= 11 is 1.37. The second-order valence-electron chi connectivity index (χ2n) is 8.04. The Kier molecular flexibility index (Phi) is 6.34. The molecule has 1 saturated carbocycles. The molecule has 28 heavy (non-hydrogen) atoms. The third kappa shape index (κ3) is 4.70. The van der Waals surface area contributed by atoms with Crippen LogP contribution in [0.5, 0.6) is 0 Å². The number of nitrogens with zero attached hydrogens (tertiary/aromatic N) is 3. The van der Waals surface area contributed by atoms with E-state index in [1.165, 1.54) is 11.3 Å². The Morgan fingerprint density at radius 3 is 2.86 bits per heavy atom. The van der Waals surface area contributed by atoms with Gasteiger partial charge in [0.2, 0.25) is 18.2 Å². The highest BCUT2D eigenvalue weighted by Crippen LogP contribution is 2.55. The van der Waals surface area contributed by atoms with Crippen molar-refractivity contribution in [1.82, 2.24) is 14.9 Å². The molecule has 1 saturated heterocycles. The van der Waals surface area contributed by atoms with Crippen molar-refractivity contribution in [2.75, 3.05) is 18.4 Å². The second-order valence-corrected chi connectivity index (χ2v) is 8.89. The van der Waals surface area contributed by atoms with E-state index in [1.54, 1.807) is 4.90 Å². The van der Waals surface area contributed by atoms with Gasteiger partial charge in [-0.1, -0.05) is 19.8 Å². The molecular weight excluding hydrogens is 380 g/mol. The van der Waals surface area contributed by atoms with Crippen LogP contribution in [-0.2, 0) is 14.4 Å². The average Bonchev–Trinajstić information content (AvgIpc) is 3.12. The summed E-state index contributed by atoms with van der Waals surface area (Å²) in [5.41, 5.74) is 0.893. The Labute approximate surface area is 168 Å². The summed E-state index contributed by atoms with van der Waals surface area (Å²) in [6.07, 6.45) is 5.32. The molecule has 8 nitrogen and oxygen atoms in total. The van der Waals surface area contributed by atoms with Crippen LogP contribution >= 0.6 is 11.3 Å². The van der Waals surface area contributed by atoms with Crippen molar-refractivity contribution in [3.05, 3.63) is 11.1 Å². The monoisotopic (exact) mass is 408 g/mol. The highest BCUT2D eigenvalue weighted by molar-refractivity contribution is 7.13. The van der Waals surface area contributed by atoms with Gasteiger partial charge in [0.1, 0.15) is 6.04 Å². The number of amides is 3. The first kappa shape index (κ1) is 20.7. The minimum Gasteiger partial charge on any atom is -0.330 e. The third-order valence-electron chi connectivity index (χ3n) is 5.68. The van der Waals surface area contributed by atoms with E-state index in [1.807, 2.05) is 19.2 Å². The molecule has 2 heterocycles. The largest absolute Gasteiger partial charge is 0.330 e. The van der Waals surface area contributed by atoms with Crippen LogP contribution in [0.25, 0.3) is 0 Å². The molecule has 0 radical (unpaired) electrons. The van der Waals surface area contributed by atoms with Gasteiger partial charge in [-0.15, -0.1) is 11.3 Å². The normalized spacial score (nSPS) is 20.8. The van der Waals surface area contributed by atoms with Crippen molar-refractivity contribution in [3.8, 4) is 0 Å². The van der Waals surface area contributed by atoms with Crippen LogP contribution in [0.1, 0.15) is 51.1 Å². The van der Waals surface area contributed by atoms with Gasteiger partial charge in [-0.05, 0) is 38.0 Å². The van der Waals surface area contributed by atoms with Crippen molar-refractivity contribution < 1.29 is 19.6 Å². The lowest BCUT2D eigenvalue weighted by molar-refractivity contribution is -0.157. The molecule has 1 aromatic rings. The van der Waals surface area contributed by atoms with Crippen LogP contribution in [0.2, 0.25) is 0 Å². The molecular formula is C19H28N4O4S. The Morgan fingerprint density at radius 1 is 1.54 bits per heavy atom. The summed E-state index contributed by atoms with van der Waals surface area (Å²) in [6, 6.07) is -0.535. The number of aromatic nitrogens is 1. The number of carbonyl (C=O) groups excluding carboxylic acids is 3. The Balaban J connectivity index is 1.74. The van der Waals surface area contributed by atoms with Gasteiger partial charge in [-0.25, -0.2) is 10.0 Å². The van der Waals surface area contributed by atoms with Gasteiger partial charge in [0.05, 0.1) is 18.2 Å². The molecule has 2 N–H and O–H groups in total. The molecule has 3 amide bonds. The average molecular weight is 409 g/mol. The van der Waals surface area contributed by atoms with Crippen molar-refractivity contribution in [1.29, 1.82) is 0 Å². The topological polar surface area (TPSA) is 103 Å². The lowest BCUT2D eigenvalue weighted by Gasteiger charge is -2.29. The number of rotatable bonds is 9. The van der Waals surface area contributed by atoms with Gasteiger partial charge in [-0.2, -0.15) is 0 Å². The molecule has 1 spiro atoms. The molecule has 1 unspecified atom stereocenters.